The Morgan fingerprint density at radius 1 is 1.33 bits per heavy atom. The molecule has 1 aliphatic rings. The highest BCUT2D eigenvalue weighted by atomic mass is 35.5. The minimum absolute atomic E-state index is 0.0197. The molecule has 1 aliphatic carbocycles. The van der Waals surface area contributed by atoms with E-state index in [0.717, 1.165) is 12.8 Å². The maximum Gasteiger partial charge on any atom is 0.350 e. The average Bonchev–Trinajstić information content (AvgIpc) is 2.16. The highest BCUT2D eigenvalue weighted by molar-refractivity contribution is 6.13. The Kier molecular flexibility index (Phi) is 4.40. The molecule has 1 saturated carbocycles. The molecule has 0 amide bonds. The van der Waals surface area contributed by atoms with Gasteiger partial charge in [-0.25, -0.2) is 4.79 Å². The minimum Gasteiger partial charge on any atom is -0.366 e. The first-order chi connectivity index (χ1) is 5.83. The van der Waals surface area contributed by atoms with Gasteiger partial charge in [-0.05, 0) is 12.8 Å². The van der Waals surface area contributed by atoms with Crippen molar-refractivity contribution in [1.82, 2.24) is 0 Å². The van der Waals surface area contributed by atoms with E-state index in [4.69, 9.17) is 16.6 Å². The molecule has 0 N–H and O–H groups in total. The first-order valence-corrected chi connectivity index (χ1v) is 4.57. The number of halogens is 1. The standard InChI is InChI=1S/C8H13ClO3/c9-12-8(10)6-11-7-4-2-1-3-5-7/h7H,1-6H2. The fourth-order valence-corrected chi connectivity index (χ4v) is 1.48. The van der Waals surface area contributed by atoms with Gasteiger partial charge in [-0.3, -0.25) is 0 Å². The second-order valence-corrected chi connectivity index (χ2v) is 3.17. The Hall–Kier alpha value is -0.280. The maximum absolute atomic E-state index is 10.6. The zero-order chi connectivity index (χ0) is 8.81. The van der Waals surface area contributed by atoms with Gasteiger partial charge in [0.15, 0.2) is 0 Å². The predicted molar refractivity (Wildman–Crippen MR) is 44.8 cm³/mol. The maximum atomic E-state index is 10.6. The topological polar surface area (TPSA) is 35.5 Å². The first-order valence-electron chi connectivity index (χ1n) is 4.26. The van der Waals surface area contributed by atoms with E-state index < -0.39 is 5.97 Å². The smallest absolute Gasteiger partial charge is 0.350 e. The summed E-state index contributed by atoms with van der Waals surface area (Å²) in [5, 5.41) is 0. The molecule has 1 fully saturated rings. The van der Waals surface area contributed by atoms with Gasteiger partial charge in [0.2, 0.25) is 0 Å². The van der Waals surface area contributed by atoms with E-state index in [1.54, 1.807) is 0 Å². The van der Waals surface area contributed by atoms with Crippen molar-refractivity contribution in [2.24, 2.45) is 0 Å². The normalized spacial score (nSPS) is 19.1. The SMILES string of the molecule is O=C(COC1CCCCC1)OCl. The van der Waals surface area contributed by atoms with Gasteiger partial charge in [-0.15, -0.1) is 0 Å². The number of ether oxygens (including phenoxy) is 1. The van der Waals surface area contributed by atoms with Crippen molar-refractivity contribution < 1.29 is 13.8 Å². The monoisotopic (exact) mass is 192 g/mol. The molecule has 0 spiro atoms. The Morgan fingerprint density at radius 2 is 2.00 bits per heavy atom. The molecule has 0 aromatic rings. The lowest BCUT2D eigenvalue weighted by Gasteiger charge is -2.20. The van der Waals surface area contributed by atoms with Crippen molar-refractivity contribution in [3.63, 3.8) is 0 Å². The summed E-state index contributed by atoms with van der Waals surface area (Å²) in [6.07, 6.45) is 6.00. The fourth-order valence-electron chi connectivity index (χ4n) is 1.44. The minimum atomic E-state index is -0.512. The number of hydrogen-bond donors (Lipinski definition) is 0. The van der Waals surface area contributed by atoms with Crippen molar-refractivity contribution in [3.05, 3.63) is 0 Å². The second-order valence-electron chi connectivity index (χ2n) is 3.02. The molecule has 70 valence electrons. The van der Waals surface area contributed by atoms with E-state index in [2.05, 4.69) is 4.29 Å². The van der Waals surface area contributed by atoms with Gasteiger partial charge < -0.3 is 9.03 Å². The summed E-state index contributed by atoms with van der Waals surface area (Å²) < 4.78 is 9.23. The highest BCUT2D eigenvalue weighted by Crippen LogP contribution is 2.19. The molecular weight excluding hydrogens is 180 g/mol. The zero-order valence-electron chi connectivity index (χ0n) is 6.92. The van der Waals surface area contributed by atoms with Gasteiger partial charge >= 0.3 is 5.97 Å². The third kappa shape index (κ3) is 3.41. The van der Waals surface area contributed by atoms with Crippen LogP contribution in [0.3, 0.4) is 0 Å². The summed E-state index contributed by atoms with van der Waals surface area (Å²) >= 11 is 4.84. The van der Waals surface area contributed by atoms with Crippen molar-refractivity contribution in [2.75, 3.05) is 6.61 Å². The van der Waals surface area contributed by atoms with Crippen LogP contribution in [-0.4, -0.2) is 18.7 Å². The lowest BCUT2D eigenvalue weighted by atomic mass is 9.98. The van der Waals surface area contributed by atoms with E-state index in [0.29, 0.717) is 0 Å². The zero-order valence-corrected chi connectivity index (χ0v) is 7.68. The molecule has 3 nitrogen and oxygen atoms in total. The van der Waals surface area contributed by atoms with E-state index in [9.17, 15) is 4.79 Å². The third-order valence-electron chi connectivity index (χ3n) is 2.08. The van der Waals surface area contributed by atoms with Gasteiger partial charge in [-0.1, -0.05) is 19.3 Å². The van der Waals surface area contributed by atoms with E-state index in [-0.39, 0.29) is 12.7 Å². The molecular formula is C8H13ClO3. The van der Waals surface area contributed by atoms with Crippen molar-refractivity contribution >= 4 is 17.8 Å². The molecule has 12 heavy (non-hydrogen) atoms. The Balaban J connectivity index is 2.09. The number of hydrogen-bond acceptors (Lipinski definition) is 3. The lowest BCUT2D eigenvalue weighted by Crippen LogP contribution is -2.20. The molecule has 0 aromatic heterocycles. The highest BCUT2D eigenvalue weighted by Gasteiger charge is 2.15. The molecule has 0 aliphatic heterocycles. The van der Waals surface area contributed by atoms with Crippen molar-refractivity contribution in [1.29, 1.82) is 0 Å². The second kappa shape index (κ2) is 5.38. The molecule has 1 rings (SSSR count). The van der Waals surface area contributed by atoms with Crippen LogP contribution in [0.2, 0.25) is 0 Å². The summed E-state index contributed by atoms with van der Waals surface area (Å²) in [7, 11) is 0. The first kappa shape index (κ1) is 9.81. The summed E-state index contributed by atoms with van der Waals surface area (Å²) in [6, 6.07) is 0. The quantitative estimate of drug-likeness (QED) is 0.687. The summed E-state index contributed by atoms with van der Waals surface area (Å²) in [4.78, 5) is 10.6. The number of carbonyl (C=O) groups excluding carboxylic acids is 1. The number of carbonyl (C=O) groups is 1. The molecule has 0 atom stereocenters. The van der Waals surface area contributed by atoms with E-state index >= 15 is 0 Å². The van der Waals surface area contributed by atoms with E-state index in [1.807, 2.05) is 0 Å². The average molecular weight is 193 g/mol. The van der Waals surface area contributed by atoms with Crippen LogP contribution in [0.15, 0.2) is 0 Å². The van der Waals surface area contributed by atoms with Gasteiger partial charge in [0, 0.05) is 0 Å². The van der Waals surface area contributed by atoms with Crippen LogP contribution < -0.4 is 0 Å². The predicted octanol–water partition coefficient (Wildman–Crippen LogP) is 2.03. The Labute approximate surface area is 77.2 Å². The molecule has 0 unspecified atom stereocenters. The van der Waals surface area contributed by atoms with Crippen molar-refractivity contribution in [3.8, 4) is 0 Å². The number of rotatable bonds is 3. The third-order valence-corrected chi connectivity index (χ3v) is 2.25. The molecule has 0 heterocycles. The van der Waals surface area contributed by atoms with Crippen LogP contribution in [0.25, 0.3) is 0 Å². The lowest BCUT2D eigenvalue weighted by molar-refractivity contribution is -0.141. The van der Waals surface area contributed by atoms with Gasteiger partial charge in [-0.2, -0.15) is 0 Å². The van der Waals surface area contributed by atoms with Crippen LogP contribution in [0.5, 0.6) is 0 Å². The van der Waals surface area contributed by atoms with Crippen LogP contribution >= 0.6 is 11.9 Å². The van der Waals surface area contributed by atoms with Gasteiger partial charge in [0.05, 0.1) is 6.10 Å². The van der Waals surface area contributed by atoms with Crippen LogP contribution in [0, 0.1) is 0 Å². The van der Waals surface area contributed by atoms with Crippen LogP contribution in [0.4, 0.5) is 0 Å². The molecule has 4 heteroatoms. The summed E-state index contributed by atoms with van der Waals surface area (Å²) in [5.74, 6) is -0.512. The molecule has 0 saturated heterocycles. The summed E-state index contributed by atoms with van der Waals surface area (Å²) in [5.41, 5.74) is 0. The van der Waals surface area contributed by atoms with Crippen LogP contribution in [-0.2, 0) is 13.8 Å². The Morgan fingerprint density at radius 3 is 2.58 bits per heavy atom. The Bertz CT molecular complexity index is 143. The van der Waals surface area contributed by atoms with Gasteiger partial charge in [0.1, 0.15) is 18.5 Å². The molecule has 0 radical (unpaired) electrons. The fraction of sp³-hybridized carbons (Fsp3) is 0.875. The largest absolute Gasteiger partial charge is 0.366 e. The van der Waals surface area contributed by atoms with E-state index in [1.165, 1.54) is 19.3 Å². The molecule has 0 aromatic carbocycles. The van der Waals surface area contributed by atoms with Crippen LogP contribution in [0.1, 0.15) is 32.1 Å². The van der Waals surface area contributed by atoms with Gasteiger partial charge in [0.25, 0.3) is 0 Å². The molecule has 0 bridgehead atoms. The van der Waals surface area contributed by atoms with Crippen molar-refractivity contribution in [2.45, 2.75) is 38.2 Å². The summed E-state index contributed by atoms with van der Waals surface area (Å²) in [6.45, 7) is -0.0197.